The number of likely N-dealkylation sites (N-methyl/N-ethyl adjacent to an activating group) is 1. The molecule has 1 atom stereocenters. The van der Waals surface area contributed by atoms with E-state index in [4.69, 9.17) is 0 Å². The number of H-pyrrole nitrogens is 1. The van der Waals surface area contributed by atoms with Crippen LogP contribution in [0.25, 0.3) is 16.9 Å². The largest absolute Gasteiger partial charge is 0.419 e. The van der Waals surface area contributed by atoms with Crippen molar-refractivity contribution in [3.8, 4) is 11.4 Å². The summed E-state index contributed by atoms with van der Waals surface area (Å²) in [4.78, 5) is 29.8. The second-order valence-electron chi connectivity index (χ2n) is 8.03. The summed E-state index contributed by atoms with van der Waals surface area (Å²) in [6.45, 7) is 5.11. The Morgan fingerprint density at radius 1 is 1.26 bits per heavy atom. The molecule has 2 aromatic heterocycles. The molecule has 0 saturated carbocycles. The molecule has 2 N–H and O–H groups in total. The molecule has 1 aromatic carbocycles. The molecule has 0 spiro atoms. The Morgan fingerprint density at radius 2 is 2.00 bits per heavy atom. The Bertz CT molecular complexity index is 1230. The molecule has 1 amide bonds. The highest BCUT2D eigenvalue weighted by molar-refractivity contribution is 5.98. The van der Waals surface area contributed by atoms with E-state index in [0.717, 1.165) is 28.4 Å². The second-order valence-corrected chi connectivity index (χ2v) is 8.03. The van der Waals surface area contributed by atoms with Crippen LogP contribution in [0.4, 0.5) is 13.2 Å². The number of rotatable bonds is 3. The number of likely N-dealkylation sites (tertiary alicyclic amines) is 1. The maximum Gasteiger partial charge on any atom is 0.419 e. The Labute approximate surface area is 175 Å². The van der Waals surface area contributed by atoms with Crippen LogP contribution in [0.3, 0.4) is 0 Å². The zero-order valence-corrected chi connectivity index (χ0v) is 17.3. The van der Waals surface area contributed by atoms with Crippen LogP contribution in [-0.2, 0) is 6.18 Å². The molecule has 0 aliphatic carbocycles. The van der Waals surface area contributed by atoms with Crippen molar-refractivity contribution >= 4 is 11.4 Å². The average molecular weight is 433 g/mol. The van der Waals surface area contributed by atoms with Gasteiger partial charge in [0.25, 0.3) is 11.5 Å². The van der Waals surface area contributed by atoms with Crippen molar-refractivity contribution in [3.05, 3.63) is 57.0 Å². The molecule has 7 nitrogen and oxygen atoms in total. The number of amides is 1. The maximum absolute atomic E-state index is 13.9. The van der Waals surface area contributed by atoms with Crippen LogP contribution >= 0.6 is 0 Å². The van der Waals surface area contributed by atoms with Gasteiger partial charge in [0.05, 0.1) is 5.56 Å². The molecule has 0 bridgehead atoms. The lowest BCUT2D eigenvalue weighted by molar-refractivity contribution is -0.136. The van der Waals surface area contributed by atoms with Gasteiger partial charge in [0.1, 0.15) is 11.1 Å². The molecule has 1 saturated heterocycles. The number of fused-ring (bicyclic) bond motifs is 1. The van der Waals surface area contributed by atoms with Gasteiger partial charge in [-0.2, -0.15) is 13.2 Å². The fraction of sp³-hybridized carbons (Fsp3) is 0.381. The van der Waals surface area contributed by atoms with Gasteiger partial charge < -0.3 is 15.2 Å². The molecule has 164 valence electrons. The van der Waals surface area contributed by atoms with Crippen LogP contribution in [0.1, 0.15) is 33.5 Å². The van der Waals surface area contributed by atoms with Crippen molar-refractivity contribution in [1.82, 2.24) is 24.8 Å². The Balaban J connectivity index is 1.83. The van der Waals surface area contributed by atoms with Crippen LogP contribution in [0.15, 0.2) is 29.2 Å². The van der Waals surface area contributed by atoms with E-state index >= 15 is 0 Å². The predicted octanol–water partition coefficient (Wildman–Crippen LogP) is 2.76. The van der Waals surface area contributed by atoms with Crippen LogP contribution in [0.5, 0.6) is 0 Å². The molecular formula is C21H22F3N5O2. The average Bonchev–Trinajstić information content (AvgIpc) is 3.27. The Hall–Kier alpha value is -3.14. The van der Waals surface area contributed by atoms with Crippen molar-refractivity contribution in [2.45, 2.75) is 32.5 Å². The fourth-order valence-corrected chi connectivity index (χ4v) is 3.88. The van der Waals surface area contributed by atoms with Gasteiger partial charge in [-0.05, 0) is 51.1 Å². The number of nitrogens with one attached hydrogen (secondary N) is 2. The summed E-state index contributed by atoms with van der Waals surface area (Å²) < 4.78 is 42.4. The third-order valence-electron chi connectivity index (χ3n) is 5.68. The Morgan fingerprint density at radius 3 is 2.61 bits per heavy atom. The van der Waals surface area contributed by atoms with E-state index in [2.05, 4.69) is 15.4 Å². The summed E-state index contributed by atoms with van der Waals surface area (Å²) in [6.07, 6.45) is -3.27. The monoisotopic (exact) mass is 433 g/mol. The number of nitrogens with zero attached hydrogens (tertiary/aromatic N) is 3. The number of hydrogen-bond acceptors (Lipinski definition) is 4. The number of aromatic nitrogens is 3. The first-order valence-corrected chi connectivity index (χ1v) is 9.84. The second kappa shape index (κ2) is 7.52. The quantitative estimate of drug-likeness (QED) is 0.666. The summed E-state index contributed by atoms with van der Waals surface area (Å²) in [6, 6.07) is 5.10. The SMILES string of the molecule is Cc1ccc(-c2nn3cc(C(=O)N[C@@H]4CCN(C)C4)c(C(F)(F)F)c3c(=O)[nH]2)cc1C. The number of carbonyl (C=O) groups is 1. The number of aromatic amines is 1. The number of carbonyl (C=O) groups excluding carboxylic acids is 1. The van der Waals surface area contributed by atoms with Gasteiger partial charge in [-0.25, -0.2) is 4.52 Å². The highest BCUT2D eigenvalue weighted by Crippen LogP contribution is 2.35. The smallest absolute Gasteiger partial charge is 0.348 e. The Kier molecular flexibility index (Phi) is 5.12. The van der Waals surface area contributed by atoms with Crippen molar-refractivity contribution < 1.29 is 18.0 Å². The van der Waals surface area contributed by atoms with Gasteiger partial charge in [0.2, 0.25) is 0 Å². The molecule has 1 fully saturated rings. The minimum atomic E-state index is -4.90. The molecule has 0 unspecified atom stereocenters. The topological polar surface area (TPSA) is 82.5 Å². The minimum Gasteiger partial charge on any atom is -0.348 e. The van der Waals surface area contributed by atoms with Crippen LogP contribution < -0.4 is 10.9 Å². The fourth-order valence-electron chi connectivity index (χ4n) is 3.88. The highest BCUT2D eigenvalue weighted by atomic mass is 19.4. The molecule has 3 aromatic rings. The lowest BCUT2D eigenvalue weighted by Crippen LogP contribution is -2.37. The molecule has 3 heterocycles. The zero-order chi connectivity index (χ0) is 22.5. The number of halogens is 3. The van der Waals surface area contributed by atoms with E-state index < -0.39 is 34.3 Å². The van der Waals surface area contributed by atoms with Crippen molar-refractivity contribution in [3.63, 3.8) is 0 Å². The van der Waals surface area contributed by atoms with Gasteiger partial charge in [-0.1, -0.05) is 12.1 Å². The summed E-state index contributed by atoms with van der Waals surface area (Å²) in [7, 11) is 1.87. The molecular weight excluding hydrogens is 411 g/mol. The lowest BCUT2D eigenvalue weighted by Gasteiger charge is -2.14. The van der Waals surface area contributed by atoms with E-state index in [0.29, 0.717) is 18.5 Å². The van der Waals surface area contributed by atoms with Crippen molar-refractivity contribution in [1.29, 1.82) is 0 Å². The van der Waals surface area contributed by atoms with Crippen molar-refractivity contribution in [2.75, 3.05) is 20.1 Å². The first-order chi connectivity index (χ1) is 14.5. The highest BCUT2D eigenvalue weighted by Gasteiger charge is 2.41. The molecule has 10 heteroatoms. The van der Waals surface area contributed by atoms with E-state index in [1.165, 1.54) is 0 Å². The molecule has 0 radical (unpaired) electrons. The molecule has 4 rings (SSSR count). The van der Waals surface area contributed by atoms with Gasteiger partial charge in [-0.3, -0.25) is 9.59 Å². The summed E-state index contributed by atoms with van der Waals surface area (Å²) >= 11 is 0. The van der Waals surface area contributed by atoms with E-state index in [1.807, 2.05) is 31.9 Å². The first-order valence-electron chi connectivity index (χ1n) is 9.84. The number of alkyl halides is 3. The van der Waals surface area contributed by atoms with E-state index in [9.17, 15) is 22.8 Å². The minimum absolute atomic E-state index is 0.119. The van der Waals surface area contributed by atoms with Gasteiger partial charge in [0, 0.05) is 24.3 Å². The van der Waals surface area contributed by atoms with Crippen LogP contribution in [0, 0.1) is 13.8 Å². The summed E-state index contributed by atoms with van der Waals surface area (Å²) in [5, 5.41) is 6.82. The number of hydrogen-bond donors (Lipinski definition) is 2. The third-order valence-corrected chi connectivity index (χ3v) is 5.68. The molecule has 1 aliphatic heterocycles. The number of aryl methyl sites for hydroxylation is 2. The van der Waals surface area contributed by atoms with Crippen LogP contribution in [0.2, 0.25) is 0 Å². The summed E-state index contributed by atoms with van der Waals surface area (Å²) in [5.74, 6) is -0.751. The van der Waals surface area contributed by atoms with E-state index in [1.54, 1.807) is 12.1 Å². The standard InChI is InChI=1S/C21H22F3N5O2/c1-11-4-5-13(8-12(11)2)18-26-20(31)17-16(21(22,23)24)15(10-29(17)27-18)19(30)25-14-6-7-28(3)9-14/h4-5,8,10,14H,6-7,9H2,1-3H3,(H,25,30)(H,26,27,31)/t14-/m1/s1. The summed E-state index contributed by atoms with van der Waals surface area (Å²) in [5.41, 5.74) is -1.02. The number of benzene rings is 1. The van der Waals surface area contributed by atoms with Crippen LogP contribution in [-0.4, -0.2) is 51.6 Å². The van der Waals surface area contributed by atoms with Gasteiger partial charge >= 0.3 is 6.18 Å². The first kappa shape index (κ1) is 21.1. The van der Waals surface area contributed by atoms with Gasteiger partial charge in [0.15, 0.2) is 5.82 Å². The molecule has 31 heavy (non-hydrogen) atoms. The third kappa shape index (κ3) is 3.95. The maximum atomic E-state index is 13.9. The van der Waals surface area contributed by atoms with E-state index in [-0.39, 0.29) is 11.9 Å². The van der Waals surface area contributed by atoms with Gasteiger partial charge in [-0.15, -0.1) is 5.10 Å². The lowest BCUT2D eigenvalue weighted by atomic mass is 10.1. The normalized spacial score (nSPS) is 17.4. The molecule has 1 aliphatic rings. The zero-order valence-electron chi connectivity index (χ0n) is 17.3. The predicted molar refractivity (Wildman–Crippen MR) is 109 cm³/mol. The van der Waals surface area contributed by atoms with Crippen molar-refractivity contribution in [2.24, 2.45) is 0 Å².